The second-order valence-corrected chi connectivity index (χ2v) is 13.9. The van der Waals surface area contributed by atoms with E-state index in [0.717, 1.165) is 72.8 Å². The largest absolute Gasteiger partial charge is 0.496 e. The summed E-state index contributed by atoms with van der Waals surface area (Å²) in [5, 5.41) is 4.09. The van der Waals surface area contributed by atoms with Crippen molar-refractivity contribution in [3.05, 3.63) is 107 Å². The number of carbonyl (C=O) groups excluding carboxylic acids is 2. The fraction of sp³-hybridized carbons (Fsp3) is 0.317. The first-order chi connectivity index (χ1) is 23.5. The number of methoxy groups -OCH3 is 4. The van der Waals surface area contributed by atoms with Gasteiger partial charge in [0, 0.05) is 45.6 Å². The van der Waals surface area contributed by atoms with E-state index in [-0.39, 0.29) is 23.7 Å². The van der Waals surface area contributed by atoms with Crippen molar-refractivity contribution in [2.75, 3.05) is 28.4 Å². The molecule has 0 aromatic heterocycles. The van der Waals surface area contributed by atoms with Crippen molar-refractivity contribution in [1.29, 1.82) is 0 Å². The highest BCUT2D eigenvalue weighted by atomic mass is 16.6. The molecular weight excluding hydrogens is 604 g/mol. The first-order valence-electron chi connectivity index (χ1n) is 16.6. The maximum Gasteiger partial charge on any atom is 0.339 e. The maximum absolute atomic E-state index is 14.8. The summed E-state index contributed by atoms with van der Waals surface area (Å²) in [5.41, 5.74) is 3.28. The maximum atomic E-state index is 14.8. The lowest BCUT2D eigenvalue weighted by Gasteiger charge is -2.50. The molecule has 2 saturated heterocycles. The van der Waals surface area contributed by atoms with Crippen LogP contribution in [-0.4, -0.2) is 51.6 Å². The molecule has 48 heavy (non-hydrogen) atoms. The van der Waals surface area contributed by atoms with Gasteiger partial charge in [0.15, 0.2) is 11.2 Å². The van der Waals surface area contributed by atoms with Gasteiger partial charge in [0.1, 0.15) is 11.5 Å². The van der Waals surface area contributed by atoms with Crippen LogP contribution in [0.4, 0.5) is 0 Å². The summed E-state index contributed by atoms with van der Waals surface area (Å²) in [6.07, 6.45) is 0.736. The zero-order chi connectivity index (χ0) is 32.7. The van der Waals surface area contributed by atoms with E-state index in [2.05, 4.69) is 48.5 Å². The fourth-order valence-corrected chi connectivity index (χ4v) is 11.3. The Morgan fingerprint density at radius 1 is 0.625 bits per heavy atom. The van der Waals surface area contributed by atoms with Crippen molar-refractivity contribution >= 4 is 33.5 Å². The molecule has 3 fully saturated rings. The number of hydrogen-bond donors (Lipinski definition) is 0. The van der Waals surface area contributed by atoms with Crippen molar-refractivity contribution in [2.45, 2.75) is 41.3 Å². The van der Waals surface area contributed by atoms with Gasteiger partial charge in [0.2, 0.25) is 0 Å². The summed E-state index contributed by atoms with van der Waals surface area (Å²) in [5.74, 6) is -1.30. The molecule has 2 heterocycles. The van der Waals surface area contributed by atoms with E-state index in [4.69, 9.17) is 23.7 Å². The van der Waals surface area contributed by atoms with Crippen LogP contribution in [0.25, 0.3) is 32.7 Å². The van der Waals surface area contributed by atoms with Gasteiger partial charge in [-0.2, -0.15) is 0 Å². The van der Waals surface area contributed by atoms with Crippen LogP contribution >= 0.6 is 0 Å². The third-order valence-electron chi connectivity index (χ3n) is 12.5. The molecule has 0 unspecified atom stereocenters. The average molecular weight is 639 g/mol. The molecule has 10 rings (SSSR count). The molecule has 7 heteroatoms. The number of hydrogen-bond acceptors (Lipinski definition) is 7. The van der Waals surface area contributed by atoms with Crippen molar-refractivity contribution < 1.29 is 33.3 Å². The number of esters is 2. The summed E-state index contributed by atoms with van der Waals surface area (Å²) in [4.78, 5) is 29.5. The van der Waals surface area contributed by atoms with Crippen LogP contribution < -0.4 is 9.47 Å². The van der Waals surface area contributed by atoms with E-state index in [1.807, 2.05) is 36.4 Å². The Labute approximate surface area is 277 Å². The second kappa shape index (κ2) is 9.38. The van der Waals surface area contributed by atoms with Gasteiger partial charge in [-0.25, -0.2) is 9.59 Å². The smallest absolute Gasteiger partial charge is 0.339 e. The van der Waals surface area contributed by atoms with Crippen molar-refractivity contribution in [3.63, 3.8) is 0 Å². The molecule has 0 amide bonds. The lowest BCUT2D eigenvalue weighted by atomic mass is 9.48. The van der Waals surface area contributed by atoms with Crippen LogP contribution in [0.2, 0.25) is 0 Å². The molecule has 0 radical (unpaired) electrons. The normalized spacial score (nSPS) is 31.1. The minimum atomic E-state index is -1.45. The zero-order valence-corrected chi connectivity index (χ0v) is 27.1. The Kier molecular flexibility index (Phi) is 5.51. The number of benzene rings is 5. The number of fused-ring (bicyclic) bond motifs is 22. The molecule has 240 valence electrons. The number of carbonyl (C=O) groups is 2. The minimum absolute atomic E-state index is 0.139. The van der Waals surface area contributed by atoms with Crippen LogP contribution in [0, 0.1) is 11.8 Å². The minimum Gasteiger partial charge on any atom is -0.496 e. The lowest BCUT2D eigenvalue weighted by Crippen LogP contribution is -2.57. The van der Waals surface area contributed by atoms with E-state index in [9.17, 15) is 9.59 Å². The summed E-state index contributed by atoms with van der Waals surface area (Å²) in [7, 11) is 6.26. The summed E-state index contributed by atoms with van der Waals surface area (Å²) in [6.45, 7) is 0. The van der Waals surface area contributed by atoms with E-state index >= 15 is 0 Å². The van der Waals surface area contributed by atoms with E-state index in [0.29, 0.717) is 0 Å². The Bertz CT molecular complexity index is 2260. The van der Waals surface area contributed by atoms with Crippen LogP contribution in [0.1, 0.15) is 52.3 Å². The second-order valence-electron chi connectivity index (χ2n) is 13.9. The molecule has 0 spiro atoms. The Morgan fingerprint density at radius 2 is 1.12 bits per heavy atom. The van der Waals surface area contributed by atoms with Gasteiger partial charge >= 0.3 is 11.9 Å². The molecule has 2 aliphatic heterocycles. The Balaban J connectivity index is 1.33. The first-order valence-corrected chi connectivity index (χ1v) is 16.6. The van der Waals surface area contributed by atoms with Gasteiger partial charge in [-0.1, -0.05) is 78.9 Å². The van der Waals surface area contributed by atoms with Gasteiger partial charge in [-0.05, 0) is 57.3 Å². The molecule has 0 N–H and O–H groups in total. The van der Waals surface area contributed by atoms with Gasteiger partial charge in [0.05, 0.1) is 28.4 Å². The quantitative estimate of drug-likeness (QED) is 0.192. The standard InChI is InChI=1S/C41H34O7/c1-44-36-24-15-9-10-16-25(24)37(45-2)31-29-19-28(30(31)36)34-35(29)41(39(43)47-4)33-27-18-21-12-6-5-11-20(21)17-26(27)22-13-7-8-14-23(22)32(33)40(34,48-41)38(42)46-3/h5-18,28-29,32-35H,19H2,1-4H3/t28-,29+,32+,33+,34-,35+,40+,41-/m0/s1. The van der Waals surface area contributed by atoms with Gasteiger partial charge < -0.3 is 23.7 Å². The topological polar surface area (TPSA) is 80.3 Å². The SMILES string of the molecule is COC(=O)[C@@]12O[C@@](C(=O)OC)([C@@H]3[C@H]1[C@@H]1C[C@H]3c3c1c(OC)c1ccccc1c3OC)[C@@H]1c3ccccc3-c3cc4ccccc4cc3[C@H]12. The Hall–Kier alpha value is -4.88. The molecular formula is C41H34O7. The van der Waals surface area contributed by atoms with Gasteiger partial charge in [-0.3, -0.25) is 0 Å². The molecule has 7 nitrogen and oxygen atoms in total. The molecule has 3 aliphatic carbocycles. The number of ether oxygens (including phenoxy) is 5. The van der Waals surface area contributed by atoms with Crippen molar-refractivity contribution in [1.82, 2.24) is 0 Å². The van der Waals surface area contributed by atoms with Crippen LogP contribution in [0.5, 0.6) is 11.5 Å². The highest BCUT2D eigenvalue weighted by molar-refractivity contribution is 6.00. The average Bonchev–Trinajstić information content (AvgIpc) is 3.88. The monoisotopic (exact) mass is 638 g/mol. The highest BCUT2D eigenvalue weighted by Gasteiger charge is 2.87. The first kappa shape index (κ1) is 28.2. The van der Waals surface area contributed by atoms with Gasteiger partial charge in [-0.15, -0.1) is 0 Å². The van der Waals surface area contributed by atoms with Crippen LogP contribution in [0.15, 0.2) is 84.9 Å². The predicted octanol–water partition coefficient (Wildman–Crippen LogP) is 7.24. The molecule has 5 aromatic carbocycles. The summed E-state index contributed by atoms with van der Waals surface area (Å²) < 4.78 is 31.2. The number of rotatable bonds is 4. The van der Waals surface area contributed by atoms with Crippen molar-refractivity contribution in [3.8, 4) is 22.6 Å². The predicted molar refractivity (Wildman–Crippen MR) is 180 cm³/mol. The third kappa shape index (κ3) is 2.94. The molecule has 8 atom stereocenters. The van der Waals surface area contributed by atoms with E-state index in [1.54, 1.807) is 14.2 Å². The van der Waals surface area contributed by atoms with E-state index < -0.39 is 35.0 Å². The molecule has 4 bridgehead atoms. The van der Waals surface area contributed by atoms with Gasteiger partial charge in [0.25, 0.3) is 0 Å². The fourth-order valence-electron chi connectivity index (χ4n) is 11.3. The third-order valence-corrected chi connectivity index (χ3v) is 12.5. The Morgan fingerprint density at radius 3 is 1.69 bits per heavy atom. The zero-order valence-electron chi connectivity index (χ0n) is 27.1. The summed E-state index contributed by atoms with van der Waals surface area (Å²) >= 11 is 0. The van der Waals surface area contributed by atoms with Crippen molar-refractivity contribution in [2.24, 2.45) is 11.8 Å². The molecule has 1 saturated carbocycles. The highest BCUT2D eigenvalue weighted by Crippen LogP contribution is 2.82. The summed E-state index contributed by atoms with van der Waals surface area (Å²) in [6, 6.07) is 29.1. The van der Waals surface area contributed by atoms with Crippen LogP contribution in [-0.2, 0) is 23.8 Å². The van der Waals surface area contributed by atoms with Crippen LogP contribution in [0.3, 0.4) is 0 Å². The molecule has 5 aliphatic rings. The lowest BCUT2D eigenvalue weighted by molar-refractivity contribution is -0.182. The molecule has 5 aromatic rings. The van der Waals surface area contributed by atoms with E-state index in [1.165, 1.54) is 14.2 Å².